The first-order valence-corrected chi connectivity index (χ1v) is 6.09. The summed E-state index contributed by atoms with van der Waals surface area (Å²) in [5, 5.41) is 20.4. The monoisotopic (exact) mass is 254 g/mol. The Hall–Kier alpha value is -2.37. The molecule has 1 aliphatic carbocycles. The highest BCUT2D eigenvalue weighted by molar-refractivity contribution is 5.91. The molecule has 0 atom stereocenters. The Morgan fingerprint density at radius 3 is 2.53 bits per heavy atom. The number of carbonyl (C=O) groups excluding carboxylic acids is 1. The van der Waals surface area contributed by atoms with Crippen molar-refractivity contribution in [3.05, 3.63) is 29.3 Å². The molecule has 0 unspecified atom stereocenters. The van der Waals surface area contributed by atoms with Crippen LogP contribution in [-0.4, -0.2) is 11.4 Å². The van der Waals surface area contributed by atoms with Crippen LogP contribution in [0, 0.1) is 22.7 Å². The number of amides is 1. The molecule has 0 aliphatic heterocycles. The predicted octanol–water partition coefficient (Wildman–Crippen LogP) is 1.64. The quantitative estimate of drug-likeness (QED) is 0.855. The summed E-state index contributed by atoms with van der Waals surface area (Å²) in [6, 6.07) is 8.50. The van der Waals surface area contributed by atoms with Crippen molar-refractivity contribution in [2.75, 3.05) is 5.32 Å². The number of nitrogens with one attached hydrogen (secondary N) is 1. The fraction of sp³-hybridized carbons (Fsp3) is 0.357. The minimum Gasteiger partial charge on any atom is -0.326 e. The van der Waals surface area contributed by atoms with Crippen LogP contribution in [-0.2, 0) is 4.79 Å². The first kappa shape index (κ1) is 13.1. The zero-order chi connectivity index (χ0) is 13.9. The molecule has 1 aromatic rings. The Morgan fingerprint density at radius 2 is 2.00 bits per heavy atom. The van der Waals surface area contributed by atoms with E-state index in [0.717, 1.165) is 19.3 Å². The minimum absolute atomic E-state index is 0.157. The summed E-state index contributed by atoms with van der Waals surface area (Å²) in [5.74, 6) is -0.157. The van der Waals surface area contributed by atoms with Gasteiger partial charge in [0.25, 0.3) is 0 Å². The zero-order valence-electron chi connectivity index (χ0n) is 10.4. The van der Waals surface area contributed by atoms with Gasteiger partial charge in [0.1, 0.15) is 12.1 Å². The third kappa shape index (κ3) is 2.90. The lowest BCUT2D eigenvalue weighted by molar-refractivity contribution is -0.118. The van der Waals surface area contributed by atoms with Crippen LogP contribution in [0.1, 0.15) is 36.8 Å². The van der Waals surface area contributed by atoms with Gasteiger partial charge in [-0.2, -0.15) is 10.5 Å². The highest BCUT2D eigenvalue weighted by Crippen LogP contribution is 2.32. The van der Waals surface area contributed by atoms with E-state index in [1.807, 2.05) is 12.1 Å². The molecule has 0 saturated heterocycles. The smallest absolute Gasteiger partial charge is 0.226 e. The number of anilines is 1. The third-order valence-electron chi connectivity index (χ3n) is 3.41. The molecule has 19 heavy (non-hydrogen) atoms. The second kappa shape index (κ2) is 5.09. The Balaban J connectivity index is 2.05. The molecule has 1 aromatic carbocycles. The maximum Gasteiger partial charge on any atom is 0.226 e. The lowest BCUT2D eigenvalue weighted by atomic mass is 9.75. The summed E-state index contributed by atoms with van der Waals surface area (Å²) in [6.45, 7) is 0. The second-order valence-corrected chi connectivity index (χ2v) is 4.92. The summed E-state index contributed by atoms with van der Waals surface area (Å²) in [4.78, 5) is 11.8. The van der Waals surface area contributed by atoms with E-state index in [0.29, 0.717) is 11.3 Å². The van der Waals surface area contributed by atoms with Gasteiger partial charge in [-0.1, -0.05) is 0 Å². The van der Waals surface area contributed by atoms with E-state index in [4.69, 9.17) is 16.3 Å². The molecule has 2 rings (SSSR count). The summed E-state index contributed by atoms with van der Waals surface area (Å²) in [5.41, 5.74) is 6.71. The average molecular weight is 254 g/mol. The standard InChI is InChI=1S/C14H14N4O/c15-8-10-2-3-12(6-11(10)9-16)18-13(19)7-14(17)4-1-5-14/h2-3,6H,1,4-5,7,17H2,(H,18,19). The topological polar surface area (TPSA) is 103 Å². The van der Waals surface area contributed by atoms with E-state index in [2.05, 4.69) is 5.32 Å². The van der Waals surface area contributed by atoms with Gasteiger partial charge >= 0.3 is 0 Å². The number of nitrogens with zero attached hydrogens (tertiary/aromatic N) is 2. The number of hydrogen-bond acceptors (Lipinski definition) is 4. The normalized spacial score (nSPS) is 15.7. The molecule has 1 fully saturated rings. The number of benzene rings is 1. The van der Waals surface area contributed by atoms with Crippen LogP contribution < -0.4 is 11.1 Å². The number of nitrogens with two attached hydrogens (primary N) is 1. The highest BCUT2D eigenvalue weighted by Gasteiger charge is 2.34. The fourth-order valence-corrected chi connectivity index (χ4v) is 2.14. The molecule has 0 aromatic heterocycles. The Kier molecular flexibility index (Phi) is 3.50. The molecule has 1 saturated carbocycles. The first-order valence-electron chi connectivity index (χ1n) is 6.09. The summed E-state index contributed by atoms with van der Waals surface area (Å²) >= 11 is 0. The second-order valence-electron chi connectivity index (χ2n) is 4.92. The van der Waals surface area contributed by atoms with E-state index >= 15 is 0 Å². The Labute approximate surface area is 111 Å². The molecule has 5 heteroatoms. The summed E-state index contributed by atoms with van der Waals surface area (Å²) < 4.78 is 0. The van der Waals surface area contributed by atoms with Crippen molar-refractivity contribution in [3.63, 3.8) is 0 Å². The van der Waals surface area contributed by atoms with Crippen LogP contribution in [0.5, 0.6) is 0 Å². The van der Waals surface area contributed by atoms with Crippen molar-refractivity contribution in [1.82, 2.24) is 0 Å². The van der Waals surface area contributed by atoms with Gasteiger partial charge in [0.2, 0.25) is 5.91 Å². The summed E-state index contributed by atoms with van der Waals surface area (Å²) in [6.07, 6.45) is 3.10. The van der Waals surface area contributed by atoms with Gasteiger partial charge in [0.05, 0.1) is 11.1 Å². The summed E-state index contributed by atoms with van der Waals surface area (Å²) in [7, 11) is 0. The molecule has 1 aliphatic rings. The van der Waals surface area contributed by atoms with Crippen molar-refractivity contribution >= 4 is 11.6 Å². The molecule has 0 bridgehead atoms. The molecule has 0 heterocycles. The van der Waals surface area contributed by atoms with E-state index in [-0.39, 0.29) is 23.4 Å². The predicted molar refractivity (Wildman–Crippen MR) is 69.9 cm³/mol. The highest BCUT2D eigenvalue weighted by atomic mass is 16.1. The zero-order valence-corrected chi connectivity index (χ0v) is 10.4. The van der Waals surface area contributed by atoms with Crippen LogP contribution >= 0.6 is 0 Å². The molecule has 1 amide bonds. The largest absolute Gasteiger partial charge is 0.326 e. The molecular weight excluding hydrogens is 240 g/mol. The number of nitriles is 2. The SMILES string of the molecule is N#Cc1ccc(NC(=O)CC2(N)CCC2)cc1C#N. The molecule has 3 N–H and O–H groups in total. The number of rotatable bonds is 3. The van der Waals surface area contributed by atoms with Crippen LogP contribution in [0.3, 0.4) is 0 Å². The lowest BCUT2D eigenvalue weighted by Gasteiger charge is -2.37. The number of carbonyl (C=O) groups is 1. The van der Waals surface area contributed by atoms with Gasteiger partial charge in [-0.3, -0.25) is 4.79 Å². The van der Waals surface area contributed by atoms with Crippen LogP contribution in [0.2, 0.25) is 0 Å². The van der Waals surface area contributed by atoms with Gasteiger partial charge in [-0.05, 0) is 37.5 Å². The Bertz CT molecular complexity index is 590. The lowest BCUT2D eigenvalue weighted by Crippen LogP contribution is -2.48. The van der Waals surface area contributed by atoms with E-state index < -0.39 is 0 Å². The van der Waals surface area contributed by atoms with Crippen molar-refractivity contribution in [3.8, 4) is 12.1 Å². The van der Waals surface area contributed by atoms with Crippen LogP contribution in [0.4, 0.5) is 5.69 Å². The third-order valence-corrected chi connectivity index (χ3v) is 3.41. The Morgan fingerprint density at radius 1 is 1.32 bits per heavy atom. The van der Waals surface area contributed by atoms with Crippen molar-refractivity contribution in [1.29, 1.82) is 10.5 Å². The number of hydrogen-bond donors (Lipinski definition) is 2. The van der Waals surface area contributed by atoms with Crippen LogP contribution in [0.25, 0.3) is 0 Å². The van der Waals surface area contributed by atoms with E-state index in [1.165, 1.54) is 12.1 Å². The average Bonchev–Trinajstić information content (AvgIpc) is 2.36. The van der Waals surface area contributed by atoms with E-state index in [9.17, 15) is 4.79 Å². The fourth-order valence-electron chi connectivity index (χ4n) is 2.14. The molecule has 5 nitrogen and oxygen atoms in total. The van der Waals surface area contributed by atoms with Gasteiger partial charge < -0.3 is 11.1 Å². The van der Waals surface area contributed by atoms with Gasteiger partial charge in [-0.25, -0.2) is 0 Å². The van der Waals surface area contributed by atoms with E-state index in [1.54, 1.807) is 6.07 Å². The minimum atomic E-state index is -0.366. The van der Waals surface area contributed by atoms with Gasteiger partial charge in [-0.15, -0.1) is 0 Å². The van der Waals surface area contributed by atoms with Crippen LogP contribution in [0.15, 0.2) is 18.2 Å². The maximum absolute atomic E-state index is 11.8. The molecule has 0 radical (unpaired) electrons. The van der Waals surface area contributed by atoms with Gasteiger partial charge in [0.15, 0.2) is 0 Å². The van der Waals surface area contributed by atoms with Crippen molar-refractivity contribution in [2.24, 2.45) is 5.73 Å². The van der Waals surface area contributed by atoms with Gasteiger partial charge in [0, 0.05) is 17.6 Å². The molecule has 0 spiro atoms. The molecular formula is C14H14N4O. The van der Waals surface area contributed by atoms with Crippen molar-refractivity contribution in [2.45, 2.75) is 31.2 Å². The first-order chi connectivity index (χ1) is 9.06. The maximum atomic E-state index is 11.8. The van der Waals surface area contributed by atoms with Crippen molar-refractivity contribution < 1.29 is 4.79 Å². The molecule has 96 valence electrons.